The molecule has 0 saturated carbocycles. The fourth-order valence-electron chi connectivity index (χ4n) is 1.81. The molecule has 0 bridgehead atoms. The van der Waals surface area contributed by atoms with Gasteiger partial charge in [0.15, 0.2) is 5.13 Å². The lowest BCUT2D eigenvalue weighted by atomic mass is 10.2. The van der Waals surface area contributed by atoms with Crippen molar-refractivity contribution in [2.75, 3.05) is 30.4 Å². The van der Waals surface area contributed by atoms with E-state index in [1.54, 1.807) is 11.3 Å². The molecule has 1 aromatic carbocycles. The SMILES string of the molecule is CCN(CC)c1ccc2sc(NC)nc2c1. The first-order chi connectivity index (χ1) is 7.78. The Balaban J connectivity index is 2.42. The van der Waals surface area contributed by atoms with Crippen LogP contribution in [0.2, 0.25) is 0 Å². The number of hydrogen-bond donors (Lipinski definition) is 1. The molecule has 86 valence electrons. The number of fused-ring (bicyclic) bond motifs is 1. The summed E-state index contributed by atoms with van der Waals surface area (Å²) in [6.45, 7) is 6.41. The molecule has 0 spiro atoms. The Morgan fingerprint density at radius 3 is 2.69 bits per heavy atom. The molecule has 2 aromatic rings. The summed E-state index contributed by atoms with van der Waals surface area (Å²) in [7, 11) is 1.91. The van der Waals surface area contributed by atoms with E-state index in [1.165, 1.54) is 10.4 Å². The molecule has 0 aliphatic rings. The van der Waals surface area contributed by atoms with Crippen LogP contribution < -0.4 is 10.2 Å². The highest BCUT2D eigenvalue weighted by Gasteiger charge is 2.06. The third-order valence-corrected chi connectivity index (χ3v) is 3.77. The van der Waals surface area contributed by atoms with E-state index in [1.807, 2.05) is 7.05 Å². The smallest absolute Gasteiger partial charge is 0.183 e. The molecule has 0 fully saturated rings. The lowest BCUT2D eigenvalue weighted by Crippen LogP contribution is -2.21. The second kappa shape index (κ2) is 4.70. The van der Waals surface area contributed by atoms with Crippen LogP contribution in [0.1, 0.15) is 13.8 Å². The molecule has 4 heteroatoms. The molecule has 1 N–H and O–H groups in total. The van der Waals surface area contributed by atoms with Crippen molar-refractivity contribution < 1.29 is 0 Å². The first-order valence-electron chi connectivity index (χ1n) is 5.61. The molecule has 16 heavy (non-hydrogen) atoms. The molecular formula is C12H17N3S. The predicted octanol–water partition coefficient (Wildman–Crippen LogP) is 3.18. The zero-order valence-electron chi connectivity index (χ0n) is 9.95. The molecule has 0 radical (unpaired) electrons. The van der Waals surface area contributed by atoms with E-state index in [2.05, 4.69) is 47.2 Å². The lowest BCUT2D eigenvalue weighted by molar-refractivity contribution is 0.867. The minimum Gasteiger partial charge on any atom is -0.372 e. The van der Waals surface area contributed by atoms with Crippen molar-refractivity contribution in [1.82, 2.24) is 4.98 Å². The van der Waals surface area contributed by atoms with E-state index in [-0.39, 0.29) is 0 Å². The van der Waals surface area contributed by atoms with Crippen LogP contribution in [0, 0.1) is 0 Å². The Morgan fingerprint density at radius 1 is 1.31 bits per heavy atom. The maximum absolute atomic E-state index is 4.52. The Kier molecular flexibility index (Phi) is 3.29. The molecule has 0 amide bonds. The Hall–Kier alpha value is -1.29. The fourth-order valence-corrected chi connectivity index (χ4v) is 2.61. The molecule has 3 nitrogen and oxygen atoms in total. The van der Waals surface area contributed by atoms with Crippen LogP contribution in [0.3, 0.4) is 0 Å². The van der Waals surface area contributed by atoms with Crippen molar-refractivity contribution in [2.45, 2.75) is 13.8 Å². The van der Waals surface area contributed by atoms with Crippen LogP contribution in [0.25, 0.3) is 10.2 Å². The monoisotopic (exact) mass is 235 g/mol. The van der Waals surface area contributed by atoms with Gasteiger partial charge in [-0.3, -0.25) is 0 Å². The summed E-state index contributed by atoms with van der Waals surface area (Å²) < 4.78 is 1.24. The minimum atomic E-state index is 0.978. The number of nitrogens with zero attached hydrogens (tertiary/aromatic N) is 2. The number of rotatable bonds is 4. The molecule has 0 aliphatic heterocycles. The van der Waals surface area contributed by atoms with Gasteiger partial charge in [0, 0.05) is 25.8 Å². The second-order valence-corrected chi connectivity index (χ2v) is 4.62. The Morgan fingerprint density at radius 2 is 2.06 bits per heavy atom. The highest BCUT2D eigenvalue weighted by atomic mass is 32.1. The molecule has 0 saturated heterocycles. The van der Waals surface area contributed by atoms with E-state index in [9.17, 15) is 0 Å². The van der Waals surface area contributed by atoms with Gasteiger partial charge in [-0.1, -0.05) is 11.3 Å². The normalized spacial score (nSPS) is 10.7. The highest BCUT2D eigenvalue weighted by Crippen LogP contribution is 2.28. The third-order valence-electron chi connectivity index (χ3n) is 2.71. The van der Waals surface area contributed by atoms with Gasteiger partial charge in [-0.05, 0) is 32.0 Å². The van der Waals surface area contributed by atoms with Gasteiger partial charge in [0.1, 0.15) is 0 Å². The average Bonchev–Trinajstić information content (AvgIpc) is 2.73. The summed E-state index contributed by atoms with van der Waals surface area (Å²) in [4.78, 5) is 6.85. The Bertz CT molecular complexity index is 474. The van der Waals surface area contributed by atoms with Crippen LogP contribution in [-0.4, -0.2) is 25.1 Å². The van der Waals surface area contributed by atoms with Crippen LogP contribution in [0.15, 0.2) is 18.2 Å². The third kappa shape index (κ3) is 1.97. The van der Waals surface area contributed by atoms with Gasteiger partial charge in [-0.25, -0.2) is 4.98 Å². The molecule has 1 heterocycles. The minimum absolute atomic E-state index is 0.978. The van der Waals surface area contributed by atoms with Gasteiger partial charge in [0.05, 0.1) is 10.2 Å². The summed E-state index contributed by atoms with van der Waals surface area (Å²) in [6, 6.07) is 6.49. The van der Waals surface area contributed by atoms with Gasteiger partial charge in [0.2, 0.25) is 0 Å². The van der Waals surface area contributed by atoms with Crippen LogP contribution in [0.4, 0.5) is 10.8 Å². The molecule has 0 aliphatic carbocycles. The van der Waals surface area contributed by atoms with Crippen molar-refractivity contribution in [2.24, 2.45) is 0 Å². The standard InChI is InChI=1S/C12H17N3S/c1-4-15(5-2)9-6-7-11-10(8-9)14-12(13-3)16-11/h6-8H,4-5H2,1-3H3,(H,13,14). The topological polar surface area (TPSA) is 28.2 Å². The van der Waals surface area contributed by atoms with Gasteiger partial charge in [0.25, 0.3) is 0 Å². The quantitative estimate of drug-likeness (QED) is 0.882. The van der Waals surface area contributed by atoms with Gasteiger partial charge >= 0.3 is 0 Å². The van der Waals surface area contributed by atoms with Crippen LogP contribution in [0.5, 0.6) is 0 Å². The second-order valence-electron chi connectivity index (χ2n) is 3.59. The van der Waals surface area contributed by atoms with Crippen molar-refractivity contribution in [1.29, 1.82) is 0 Å². The molecule has 2 rings (SSSR count). The van der Waals surface area contributed by atoms with Crippen molar-refractivity contribution in [3.05, 3.63) is 18.2 Å². The van der Waals surface area contributed by atoms with Crippen molar-refractivity contribution >= 4 is 32.4 Å². The first kappa shape index (κ1) is 11.2. The van der Waals surface area contributed by atoms with E-state index in [0.717, 1.165) is 23.7 Å². The zero-order chi connectivity index (χ0) is 11.5. The summed E-state index contributed by atoms with van der Waals surface area (Å²) in [5.41, 5.74) is 2.34. The Labute approximate surface area is 100 Å². The maximum atomic E-state index is 4.52. The van der Waals surface area contributed by atoms with Gasteiger partial charge < -0.3 is 10.2 Å². The van der Waals surface area contributed by atoms with Crippen LogP contribution in [-0.2, 0) is 0 Å². The number of aromatic nitrogens is 1. The largest absolute Gasteiger partial charge is 0.372 e. The molecule has 0 atom stereocenters. The average molecular weight is 235 g/mol. The van der Waals surface area contributed by atoms with Gasteiger partial charge in [-0.2, -0.15) is 0 Å². The number of thiazole rings is 1. The fraction of sp³-hybridized carbons (Fsp3) is 0.417. The summed E-state index contributed by atoms with van der Waals surface area (Å²) in [5.74, 6) is 0. The maximum Gasteiger partial charge on any atom is 0.183 e. The zero-order valence-corrected chi connectivity index (χ0v) is 10.8. The number of anilines is 2. The number of nitrogens with one attached hydrogen (secondary N) is 1. The predicted molar refractivity (Wildman–Crippen MR) is 72.7 cm³/mol. The summed E-state index contributed by atoms with van der Waals surface area (Å²) in [5, 5.41) is 4.07. The highest BCUT2D eigenvalue weighted by molar-refractivity contribution is 7.22. The van der Waals surface area contributed by atoms with E-state index in [0.29, 0.717) is 0 Å². The van der Waals surface area contributed by atoms with E-state index >= 15 is 0 Å². The van der Waals surface area contributed by atoms with Crippen LogP contribution >= 0.6 is 11.3 Å². The van der Waals surface area contributed by atoms with Gasteiger partial charge in [-0.15, -0.1) is 0 Å². The first-order valence-corrected chi connectivity index (χ1v) is 6.43. The molecule has 0 unspecified atom stereocenters. The number of hydrogen-bond acceptors (Lipinski definition) is 4. The number of benzene rings is 1. The van der Waals surface area contributed by atoms with E-state index in [4.69, 9.17) is 0 Å². The van der Waals surface area contributed by atoms with E-state index < -0.39 is 0 Å². The molecular weight excluding hydrogens is 218 g/mol. The molecule has 1 aromatic heterocycles. The lowest BCUT2D eigenvalue weighted by Gasteiger charge is -2.20. The van der Waals surface area contributed by atoms with Crippen molar-refractivity contribution in [3.63, 3.8) is 0 Å². The van der Waals surface area contributed by atoms with Crippen molar-refractivity contribution in [3.8, 4) is 0 Å². The summed E-state index contributed by atoms with van der Waals surface area (Å²) in [6.07, 6.45) is 0. The summed E-state index contributed by atoms with van der Waals surface area (Å²) >= 11 is 1.69.